The molecule has 0 bridgehead atoms. The van der Waals surface area contributed by atoms with E-state index in [4.69, 9.17) is 18.9 Å². The molecule has 1 aliphatic rings. The molecule has 54 heavy (non-hydrogen) atoms. The largest absolute Gasteiger partial charge is 0.457 e. The number of carbonyl (C=O) groups excluding carboxylic acids is 1. The van der Waals surface area contributed by atoms with Crippen molar-refractivity contribution in [3.63, 3.8) is 0 Å². The van der Waals surface area contributed by atoms with Crippen molar-refractivity contribution >= 4 is 5.97 Å². The molecule has 0 aromatic heterocycles. The minimum absolute atomic E-state index is 0.111. The summed E-state index contributed by atoms with van der Waals surface area (Å²) in [5.41, 5.74) is 0. The van der Waals surface area contributed by atoms with Gasteiger partial charge < -0.3 is 39.4 Å². The molecular weight excluding hydrogens is 684 g/mol. The van der Waals surface area contributed by atoms with E-state index in [9.17, 15) is 25.2 Å². The number of rotatable bonds is 38. The van der Waals surface area contributed by atoms with E-state index in [1.54, 1.807) is 0 Å². The Morgan fingerprint density at radius 3 is 1.59 bits per heavy atom. The second-order valence-corrected chi connectivity index (χ2v) is 15.5. The predicted octanol–water partition coefficient (Wildman–Crippen LogP) is 9.81. The van der Waals surface area contributed by atoms with Gasteiger partial charge in [-0.05, 0) is 44.9 Å². The summed E-state index contributed by atoms with van der Waals surface area (Å²) in [6.45, 7) is 4.47. The van der Waals surface area contributed by atoms with E-state index in [2.05, 4.69) is 38.2 Å². The first-order valence-corrected chi connectivity index (χ1v) is 22.4. The van der Waals surface area contributed by atoms with Crippen LogP contribution in [0.15, 0.2) is 24.3 Å². The standard InChI is InChI=1S/C45H84O9/c1-3-5-7-9-10-11-12-13-14-15-16-17-18-19-20-21-22-23-24-25-26-27-28-29-31-33-35-51-37-39(53-41(47)34-32-30-8-6-4-2)38-52-45-44(50)43(49)42(48)40(36-46)54-45/h12-13,15-16,39-40,42-46,48-50H,3-11,14,17-38H2,1-2H3/b13-12-,16-15-. The molecule has 4 N–H and O–H groups in total. The van der Waals surface area contributed by atoms with Crippen molar-refractivity contribution in [1.82, 2.24) is 0 Å². The minimum atomic E-state index is -1.53. The Balaban J connectivity index is 2.06. The maximum absolute atomic E-state index is 12.5. The van der Waals surface area contributed by atoms with Crippen molar-refractivity contribution in [3.8, 4) is 0 Å². The molecule has 1 fully saturated rings. The normalized spacial score (nSPS) is 21.0. The van der Waals surface area contributed by atoms with Gasteiger partial charge in [0.25, 0.3) is 0 Å². The van der Waals surface area contributed by atoms with E-state index in [1.165, 1.54) is 122 Å². The van der Waals surface area contributed by atoms with Crippen molar-refractivity contribution < 1.29 is 44.2 Å². The molecule has 0 radical (unpaired) electrons. The zero-order valence-electron chi connectivity index (χ0n) is 34.7. The first kappa shape index (κ1) is 50.7. The molecule has 6 unspecified atom stereocenters. The first-order valence-electron chi connectivity index (χ1n) is 22.4. The maximum atomic E-state index is 12.5. The summed E-state index contributed by atoms with van der Waals surface area (Å²) >= 11 is 0. The van der Waals surface area contributed by atoms with Crippen LogP contribution in [0.25, 0.3) is 0 Å². The molecule has 1 saturated heterocycles. The summed E-state index contributed by atoms with van der Waals surface area (Å²) in [5, 5.41) is 39.9. The third-order valence-corrected chi connectivity index (χ3v) is 10.4. The fourth-order valence-electron chi connectivity index (χ4n) is 6.82. The van der Waals surface area contributed by atoms with Crippen LogP contribution in [0, 0.1) is 0 Å². The Morgan fingerprint density at radius 2 is 1.07 bits per heavy atom. The van der Waals surface area contributed by atoms with Crippen LogP contribution in [-0.4, -0.2) is 89.6 Å². The van der Waals surface area contributed by atoms with Crippen molar-refractivity contribution in [3.05, 3.63) is 24.3 Å². The monoisotopic (exact) mass is 769 g/mol. The van der Waals surface area contributed by atoms with Gasteiger partial charge in [-0.1, -0.05) is 167 Å². The van der Waals surface area contributed by atoms with Crippen molar-refractivity contribution in [2.24, 2.45) is 0 Å². The van der Waals surface area contributed by atoms with Crippen LogP contribution < -0.4 is 0 Å². The van der Waals surface area contributed by atoms with Crippen molar-refractivity contribution in [2.75, 3.05) is 26.4 Å². The third kappa shape index (κ3) is 28.1. The van der Waals surface area contributed by atoms with Gasteiger partial charge >= 0.3 is 5.97 Å². The molecule has 1 aliphatic heterocycles. The number of esters is 1. The van der Waals surface area contributed by atoms with Gasteiger partial charge in [0.05, 0.1) is 19.8 Å². The van der Waals surface area contributed by atoms with Crippen LogP contribution >= 0.6 is 0 Å². The molecule has 0 spiro atoms. The second kappa shape index (κ2) is 37.3. The SMILES string of the molecule is CCCCCCC/C=C\C/C=C\CCCCCCCCCCCCCCCCOCC(COC1OC(CO)C(O)C(O)C1O)OC(=O)CCCCCCC. The van der Waals surface area contributed by atoms with Gasteiger partial charge in [-0.3, -0.25) is 4.79 Å². The van der Waals surface area contributed by atoms with Gasteiger partial charge in [-0.2, -0.15) is 0 Å². The lowest BCUT2D eigenvalue weighted by Crippen LogP contribution is -2.59. The van der Waals surface area contributed by atoms with Gasteiger partial charge in [0.15, 0.2) is 6.29 Å². The molecule has 9 heteroatoms. The molecule has 0 amide bonds. The van der Waals surface area contributed by atoms with Gasteiger partial charge in [-0.25, -0.2) is 0 Å². The lowest BCUT2D eigenvalue weighted by atomic mass is 9.99. The fourth-order valence-corrected chi connectivity index (χ4v) is 6.82. The Bertz CT molecular complexity index is 879. The van der Waals surface area contributed by atoms with Crippen molar-refractivity contribution in [1.29, 1.82) is 0 Å². The zero-order valence-corrected chi connectivity index (χ0v) is 34.7. The summed E-state index contributed by atoms with van der Waals surface area (Å²) < 4.78 is 22.6. The summed E-state index contributed by atoms with van der Waals surface area (Å²) in [6.07, 6.45) is 35.5. The van der Waals surface area contributed by atoms with Crippen LogP contribution in [0.3, 0.4) is 0 Å². The molecule has 1 rings (SSSR count). The van der Waals surface area contributed by atoms with Crippen LogP contribution in [0.4, 0.5) is 0 Å². The number of hydrogen-bond acceptors (Lipinski definition) is 9. The van der Waals surface area contributed by atoms with E-state index in [1.807, 2.05) is 0 Å². The van der Waals surface area contributed by atoms with E-state index < -0.39 is 43.4 Å². The number of aliphatic hydroxyl groups is 4. The third-order valence-electron chi connectivity index (χ3n) is 10.4. The maximum Gasteiger partial charge on any atom is 0.306 e. The highest BCUT2D eigenvalue weighted by Gasteiger charge is 2.44. The molecule has 1 heterocycles. The number of hydrogen-bond donors (Lipinski definition) is 4. The molecule has 0 aromatic carbocycles. The molecule has 0 aromatic rings. The smallest absolute Gasteiger partial charge is 0.306 e. The van der Waals surface area contributed by atoms with Crippen LogP contribution in [0.2, 0.25) is 0 Å². The number of ether oxygens (including phenoxy) is 4. The highest BCUT2D eigenvalue weighted by Crippen LogP contribution is 2.22. The Kier molecular flexibility index (Phi) is 35.0. The number of aliphatic hydroxyl groups excluding tert-OH is 4. The molecule has 6 atom stereocenters. The van der Waals surface area contributed by atoms with Gasteiger partial charge in [0.1, 0.15) is 30.5 Å². The van der Waals surface area contributed by atoms with Crippen LogP contribution in [-0.2, 0) is 23.7 Å². The lowest BCUT2D eigenvalue weighted by molar-refractivity contribution is -0.305. The van der Waals surface area contributed by atoms with Gasteiger partial charge in [0, 0.05) is 13.0 Å². The number of carbonyl (C=O) groups is 1. The topological polar surface area (TPSA) is 135 Å². The fraction of sp³-hybridized carbons (Fsp3) is 0.889. The van der Waals surface area contributed by atoms with Crippen LogP contribution in [0.1, 0.15) is 194 Å². The summed E-state index contributed by atoms with van der Waals surface area (Å²) in [6, 6.07) is 0. The average molecular weight is 769 g/mol. The molecule has 0 aliphatic carbocycles. The van der Waals surface area contributed by atoms with Gasteiger partial charge in [0.2, 0.25) is 0 Å². The first-order chi connectivity index (χ1) is 26.4. The van der Waals surface area contributed by atoms with Crippen LogP contribution in [0.5, 0.6) is 0 Å². The molecule has 318 valence electrons. The Hall–Kier alpha value is -1.33. The summed E-state index contributed by atoms with van der Waals surface area (Å²) in [4.78, 5) is 12.5. The number of unbranched alkanes of at least 4 members (excludes halogenated alkanes) is 23. The quantitative estimate of drug-likeness (QED) is 0.0275. The van der Waals surface area contributed by atoms with E-state index in [0.29, 0.717) is 13.0 Å². The van der Waals surface area contributed by atoms with E-state index in [0.717, 1.165) is 51.4 Å². The summed E-state index contributed by atoms with van der Waals surface area (Å²) in [7, 11) is 0. The molecular formula is C45H84O9. The second-order valence-electron chi connectivity index (χ2n) is 15.5. The lowest BCUT2D eigenvalue weighted by Gasteiger charge is -2.39. The zero-order chi connectivity index (χ0) is 39.3. The molecule has 9 nitrogen and oxygen atoms in total. The van der Waals surface area contributed by atoms with Gasteiger partial charge in [-0.15, -0.1) is 0 Å². The highest BCUT2D eigenvalue weighted by atomic mass is 16.7. The Morgan fingerprint density at radius 1 is 0.593 bits per heavy atom. The summed E-state index contributed by atoms with van der Waals surface area (Å²) in [5.74, 6) is -0.325. The molecule has 0 saturated carbocycles. The Labute approximate surface area is 330 Å². The van der Waals surface area contributed by atoms with E-state index in [-0.39, 0.29) is 19.2 Å². The minimum Gasteiger partial charge on any atom is -0.457 e. The predicted molar refractivity (Wildman–Crippen MR) is 219 cm³/mol. The highest BCUT2D eigenvalue weighted by molar-refractivity contribution is 5.69. The number of allylic oxidation sites excluding steroid dienone is 4. The van der Waals surface area contributed by atoms with E-state index >= 15 is 0 Å². The average Bonchev–Trinajstić information content (AvgIpc) is 3.17. The van der Waals surface area contributed by atoms with Crippen molar-refractivity contribution in [2.45, 2.75) is 230 Å².